The van der Waals surface area contributed by atoms with Crippen molar-refractivity contribution in [1.29, 1.82) is 0 Å². The van der Waals surface area contributed by atoms with Gasteiger partial charge in [-0.3, -0.25) is 0 Å². The molecular weight excluding hydrogens is 946 g/mol. The van der Waals surface area contributed by atoms with Crippen molar-refractivity contribution in [3.05, 3.63) is 191 Å². The highest BCUT2D eigenvalue weighted by Gasteiger charge is 2.43. The highest BCUT2D eigenvalue weighted by atomic mass is 32.1. The zero-order chi connectivity index (χ0) is 50.4. The molecule has 13 heteroatoms. The van der Waals surface area contributed by atoms with E-state index in [9.17, 15) is 0 Å². The van der Waals surface area contributed by atoms with E-state index in [0.717, 1.165) is 111 Å². The van der Waals surface area contributed by atoms with Crippen LogP contribution in [-0.2, 0) is 0 Å². The van der Waals surface area contributed by atoms with Crippen LogP contribution in [0.4, 0.5) is 0 Å². The summed E-state index contributed by atoms with van der Waals surface area (Å²) < 4.78 is 30.2. The minimum Gasteiger partial charge on any atom is -0.458 e. The number of thiophene rings is 1. The van der Waals surface area contributed by atoms with E-state index in [4.69, 9.17) is 39.1 Å². The third-order valence-corrected chi connectivity index (χ3v) is 16.3. The number of rotatable bonds is 6. The normalized spacial score (nSPS) is 13.0. The summed E-state index contributed by atoms with van der Waals surface area (Å²) in [6.45, 7) is 12.5. The Hall–Kier alpha value is -8.93. The monoisotopic (exact) mass is 990 g/mol. The lowest BCUT2D eigenvalue weighted by atomic mass is 9.35. The fourth-order valence-corrected chi connectivity index (χ4v) is 13.2. The molecule has 11 aromatic rings. The van der Waals surface area contributed by atoms with Gasteiger partial charge < -0.3 is 18.9 Å². The van der Waals surface area contributed by atoms with Gasteiger partial charge in [0.05, 0.1) is 36.2 Å². The summed E-state index contributed by atoms with van der Waals surface area (Å²) >= 11 is 1.72. The van der Waals surface area contributed by atoms with Crippen LogP contribution in [0.25, 0.3) is 55.2 Å². The van der Waals surface area contributed by atoms with E-state index in [1.165, 1.54) is 44.5 Å². The molecule has 0 fully saturated rings. The van der Waals surface area contributed by atoms with Gasteiger partial charge in [0, 0.05) is 39.3 Å². The van der Waals surface area contributed by atoms with Crippen molar-refractivity contribution in [1.82, 2.24) is 29.5 Å². The molecule has 0 radical (unpaired) electrons. The lowest BCUT2D eigenvalue weighted by Gasteiger charge is -2.32. The van der Waals surface area contributed by atoms with Gasteiger partial charge in [0.15, 0.2) is 0 Å². The SMILES string of the molecule is Cc1cc(C)c(-c2cnn(-c3cnc4c(c3)B3c5cc(-c6csc(-c7ccc8c(c7)B7c9cc(-n%10cc(-c%11c(C)cc(C)cc%11C)cn%10)cnc9Oc9cccc(c97)O8)c6)ccc5Oc5cccc(c53)O4)c2)c(C)c1. The van der Waals surface area contributed by atoms with Crippen LogP contribution >= 0.6 is 11.3 Å². The van der Waals surface area contributed by atoms with Gasteiger partial charge in [-0.25, -0.2) is 19.3 Å². The van der Waals surface area contributed by atoms with Gasteiger partial charge in [-0.1, -0.05) is 65.7 Å². The van der Waals surface area contributed by atoms with Gasteiger partial charge in [0.1, 0.15) is 34.5 Å². The Morgan fingerprint density at radius 2 is 0.867 bits per heavy atom. The van der Waals surface area contributed by atoms with E-state index >= 15 is 0 Å². The number of aryl methyl sites for hydroxylation is 6. The Morgan fingerprint density at radius 1 is 0.413 bits per heavy atom. The van der Waals surface area contributed by atoms with Gasteiger partial charge in [-0.15, -0.1) is 11.3 Å². The van der Waals surface area contributed by atoms with Crippen LogP contribution in [0.3, 0.4) is 0 Å². The number of hydrogen-bond donors (Lipinski definition) is 0. The number of aromatic nitrogens is 6. The first-order valence-electron chi connectivity index (χ1n) is 25.2. The molecule has 0 bridgehead atoms. The largest absolute Gasteiger partial charge is 0.458 e. The van der Waals surface area contributed by atoms with E-state index < -0.39 is 0 Å². The molecule has 5 aromatic heterocycles. The van der Waals surface area contributed by atoms with Crippen molar-refractivity contribution < 1.29 is 18.9 Å². The Kier molecular flexibility index (Phi) is 9.47. The summed E-state index contributed by atoms with van der Waals surface area (Å²) in [5.74, 6) is 5.82. The molecule has 75 heavy (non-hydrogen) atoms. The molecule has 0 spiro atoms. The number of pyridine rings is 2. The molecule has 0 atom stereocenters. The van der Waals surface area contributed by atoms with Gasteiger partial charge in [-0.05, 0) is 180 Å². The number of benzene rings is 6. The Morgan fingerprint density at radius 3 is 1.36 bits per heavy atom. The molecule has 0 saturated heterocycles. The highest BCUT2D eigenvalue weighted by molar-refractivity contribution is 7.14. The second kappa shape index (κ2) is 16.3. The van der Waals surface area contributed by atoms with Crippen LogP contribution in [0.2, 0.25) is 0 Å². The highest BCUT2D eigenvalue weighted by Crippen LogP contribution is 2.40. The Balaban J connectivity index is 0.778. The molecule has 0 aliphatic carbocycles. The summed E-state index contributed by atoms with van der Waals surface area (Å²) in [5, 5.41) is 11.9. The number of fused-ring (bicyclic) bond motifs is 8. The average molecular weight is 991 g/mol. The molecule has 4 aliphatic heterocycles. The predicted molar refractivity (Wildman–Crippen MR) is 300 cm³/mol. The second-order valence-corrected chi connectivity index (χ2v) is 21.3. The van der Waals surface area contributed by atoms with Crippen LogP contribution in [-0.4, -0.2) is 43.0 Å². The zero-order valence-electron chi connectivity index (χ0n) is 41.9. The quantitative estimate of drug-likeness (QED) is 0.152. The van der Waals surface area contributed by atoms with Gasteiger partial charge in [0.2, 0.25) is 11.8 Å². The average Bonchev–Trinajstić information content (AvgIpc) is 4.22. The number of ether oxygens (including phenoxy) is 4. The van der Waals surface area contributed by atoms with Crippen LogP contribution in [0.15, 0.2) is 158 Å². The molecule has 0 saturated carbocycles. The van der Waals surface area contributed by atoms with E-state index in [1.54, 1.807) is 11.3 Å². The maximum absolute atomic E-state index is 6.66. The van der Waals surface area contributed by atoms with Crippen molar-refractivity contribution >= 4 is 57.5 Å². The first-order valence-corrected chi connectivity index (χ1v) is 26.1. The van der Waals surface area contributed by atoms with E-state index in [2.05, 4.69) is 138 Å². The molecular formula is C62H44B2N6O4S. The van der Waals surface area contributed by atoms with Crippen molar-refractivity contribution in [3.8, 4) is 101 Å². The van der Waals surface area contributed by atoms with E-state index in [-0.39, 0.29) is 13.4 Å². The Bertz CT molecular complexity index is 3930. The van der Waals surface area contributed by atoms with Crippen molar-refractivity contribution in [3.63, 3.8) is 0 Å². The molecule has 4 aliphatic rings. The van der Waals surface area contributed by atoms with Crippen molar-refractivity contribution in [2.24, 2.45) is 0 Å². The molecule has 9 heterocycles. The predicted octanol–water partition coefficient (Wildman–Crippen LogP) is 10.9. The van der Waals surface area contributed by atoms with Crippen LogP contribution in [0.1, 0.15) is 33.4 Å². The summed E-state index contributed by atoms with van der Waals surface area (Å²) in [7, 11) is 0. The Labute approximate surface area is 438 Å². The first kappa shape index (κ1) is 43.6. The molecule has 358 valence electrons. The topological polar surface area (TPSA) is 98.3 Å². The van der Waals surface area contributed by atoms with Crippen LogP contribution in [0.5, 0.6) is 46.3 Å². The van der Waals surface area contributed by atoms with Crippen LogP contribution in [0, 0.1) is 41.5 Å². The van der Waals surface area contributed by atoms with E-state index in [0.29, 0.717) is 11.8 Å². The fourth-order valence-electron chi connectivity index (χ4n) is 12.3. The summed E-state index contributed by atoms with van der Waals surface area (Å²) in [5.41, 5.74) is 22.9. The smallest absolute Gasteiger partial charge is 0.262 e. The lowest BCUT2D eigenvalue weighted by molar-refractivity contribution is 0.452. The van der Waals surface area contributed by atoms with Gasteiger partial charge >= 0.3 is 0 Å². The summed E-state index contributed by atoms with van der Waals surface area (Å²) in [6.07, 6.45) is 11.7. The molecule has 0 N–H and O–H groups in total. The standard InChI is InChI=1S/C62H44B2N6O4S/c1-33-17-35(3)57(36(4)18-33)42-26-67-69(30-42)44-24-48-61(65-28-44)73-54-11-7-9-52-59(54)63(48)46-21-39(13-15-50(46)71-52)41-23-56(75-32-41)40-14-16-51-47(22-40)64-49-25-45(29-66-62(49)74-55-12-8-10-53(72-51)60(55)64)70-31-43(27-68-70)58-37(5)19-34(2)20-38(58)6/h7-32H,1-6H3. The number of hydrogen-bond acceptors (Lipinski definition) is 9. The summed E-state index contributed by atoms with van der Waals surface area (Å²) in [4.78, 5) is 11.0. The lowest BCUT2D eigenvalue weighted by Crippen LogP contribution is -2.57. The minimum absolute atomic E-state index is 0.185. The summed E-state index contributed by atoms with van der Waals surface area (Å²) in [6, 6.07) is 40.6. The molecule has 6 aromatic carbocycles. The zero-order valence-corrected chi connectivity index (χ0v) is 42.7. The van der Waals surface area contributed by atoms with Crippen molar-refractivity contribution in [2.75, 3.05) is 0 Å². The minimum atomic E-state index is -0.187. The second-order valence-electron chi connectivity index (χ2n) is 20.4. The first-order chi connectivity index (χ1) is 36.6. The van der Waals surface area contributed by atoms with Gasteiger partial charge in [0.25, 0.3) is 13.4 Å². The molecule has 0 unspecified atom stereocenters. The molecule has 10 nitrogen and oxygen atoms in total. The molecule has 15 rings (SSSR count). The molecule has 0 amide bonds. The van der Waals surface area contributed by atoms with Crippen molar-refractivity contribution in [2.45, 2.75) is 41.5 Å². The van der Waals surface area contributed by atoms with Gasteiger partial charge in [-0.2, -0.15) is 10.2 Å². The fraction of sp³-hybridized carbons (Fsp3) is 0.0968. The number of nitrogens with zero attached hydrogens (tertiary/aromatic N) is 6. The third-order valence-electron chi connectivity index (χ3n) is 15.3. The van der Waals surface area contributed by atoms with E-state index in [1.807, 2.05) is 70.5 Å². The maximum atomic E-state index is 6.66. The third kappa shape index (κ3) is 6.87. The maximum Gasteiger partial charge on any atom is 0.262 e. The van der Waals surface area contributed by atoms with Crippen LogP contribution < -0.4 is 51.7 Å².